The van der Waals surface area contributed by atoms with E-state index in [4.69, 9.17) is 66.3 Å². The summed E-state index contributed by atoms with van der Waals surface area (Å²) in [7, 11) is 0. The first-order valence-electron chi connectivity index (χ1n) is 24.6. The van der Waals surface area contributed by atoms with Gasteiger partial charge in [0, 0.05) is 0 Å². The van der Waals surface area contributed by atoms with Crippen molar-refractivity contribution in [1.29, 1.82) is 0 Å². The van der Waals surface area contributed by atoms with E-state index in [9.17, 15) is 107 Å². The molecule has 21 rings (SSSR count). The van der Waals surface area contributed by atoms with Crippen LogP contribution >= 0.6 is 0 Å². The van der Waals surface area contributed by atoms with Gasteiger partial charge in [0.25, 0.3) is 0 Å². The Morgan fingerprint density at radius 2 is 0.260 bits per heavy atom. The third-order valence-electron chi connectivity index (χ3n) is 14.8. The third-order valence-corrected chi connectivity index (χ3v) is 14.8. The van der Waals surface area contributed by atoms with E-state index >= 15 is 0 Å². The van der Waals surface area contributed by atoms with Gasteiger partial charge in [-0.2, -0.15) is 0 Å². The van der Waals surface area contributed by atoms with Crippen LogP contribution in [-0.4, -0.2) is 368 Å². The predicted molar refractivity (Wildman–Crippen MR) is 228 cm³/mol. The Balaban J connectivity index is 1.08. The van der Waals surface area contributed by atoms with Crippen LogP contribution in [-0.2, 0) is 66.3 Å². The van der Waals surface area contributed by atoms with Crippen molar-refractivity contribution in [1.82, 2.24) is 0 Å². The fraction of sp³-hybridized carbons (Fsp3) is 1.00. The van der Waals surface area contributed by atoms with Crippen molar-refractivity contribution in [3.63, 3.8) is 0 Å². The molecule has 21 heterocycles. The van der Waals surface area contributed by atoms with Crippen molar-refractivity contribution in [2.24, 2.45) is 0 Å². The van der Waals surface area contributed by atoms with Crippen molar-refractivity contribution >= 4 is 0 Å². The fourth-order valence-electron chi connectivity index (χ4n) is 10.4. The molecule has 35 nitrogen and oxygen atoms in total. The minimum absolute atomic E-state index is 1.05. The van der Waals surface area contributed by atoms with Gasteiger partial charge < -0.3 is 174 Å². The molecule has 448 valence electrons. The van der Waals surface area contributed by atoms with Crippen LogP contribution in [0.25, 0.3) is 0 Å². The zero-order valence-electron chi connectivity index (χ0n) is 40.3. The second kappa shape index (κ2) is 26.0. The van der Waals surface area contributed by atoms with Gasteiger partial charge in [0.15, 0.2) is 44.0 Å². The summed E-state index contributed by atoms with van der Waals surface area (Å²) in [4.78, 5) is 0. The van der Waals surface area contributed by atoms with Gasteiger partial charge in [-0.15, -0.1) is 0 Å². The van der Waals surface area contributed by atoms with Crippen molar-refractivity contribution in [2.45, 2.75) is 215 Å². The van der Waals surface area contributed by atoms with Crippen LogP contribution in [0.1, 0.15) is 0 Å². The van der Waals surface area contributed by atoms with Crippen LogP contribution in [0.2, 0.25) is 0 Å². The number of rotatable bonds is 7. The Kier molecular flexibility index (Phi) is 20.8. The summed E-state index contributed by atoms with van der Waals surface area (Å²) in [6.07, 6.45) is -70.2. The lowest BCUT2D eigenvalue weighted by molar-refractivity contribution is -0.396. The maximum atomic E-state index is 11.3. The Bertz CT molecular complexity index is 1470. The average molecular weight is 1130 g/mol. The lowest BCUT2D eigenvalue weighted by Gasteiger charge is -2.50. The molecule has 21 aliphatic rings. The predicted octanol–water partition coefficient (Wildman–Crippen LogP) is -15.2. The molecule has 0 aromatic carbocycles. The molecule has 21 aliphatic heterocycles. The Hall–Kier alpha value is -1.40. The van der Waals surface area contributed by atoms with Gasteiger partial charge in [-0.3, -0.25) is 0 Å². The Morgan fingerprint density at radius 3 is 0.351 bits per heavy atom. The van der Waals surface area contributed by atoms with Crippen LogP contribution in [0.5, 0.6) is 0 Å². The van der Waals surface area contributed by atoms with E-state index in [0.717, 1.165) is 0 Å². The molecular formula is C42H70O35. The molecule has 0 amide bonds. The number of ether oxygens (including phenoxy) is 14. The number of hydrogen-bond acceptors (Lipinski definition) is 35. The van der Waals surface area contributed by atoms with Gasteiger partial charge in [0.1, 0.15) is 171 Å². The molecule has 0 radical (unpaired) electrons. The van der Waals surface area contributed by atoms with E-state index in [1.807, 2.05) is 0 Å². The first-order valence-corrected chi connectivity index (χ1v) is 24.6. The van der Waals surface area contributed by atoms with Gasteiger partial charge >= 0.3 is 0 Å². The van der Waals surface area contributed by atoms with E-state index in [1.165, 1.54) is 0 Å². The summed E-state index contributed by atoms with van der Waals surface area (Å²) < 4.78 is 79.5. The smallest absolute Gasteiger partial charge is 0.187 e. The van der Waals surface area contributed by atoms with Gasteiger partial charge in [-0.25, -0.2) is 0 Å². The standard InChI is InChI=1S/C42H70O35/c43-1-8-29-15(50)22(57)36(64-8)72-30-9(2-44)66-38(24(59)17(30)52)74-32-11(4-46)68-40(26(61)19(32)54)76-34-13(6-48)70-42(28(63)21(34)56)77-35-14(7-49)69-41(27(62)20(35)55)75-33-12(5-47)67-39(25(60)18(33)53)73-31-10(3-45)65-37(71-29)23(58)16(31)51/h8-63H,1-7H2/t8?,9?,10?,11?,12?,13?,14?,15-,16-,17-,18-,19-,20-,21-,22?,23?,24?,25?,26?,27?,28?,29-,30-,31-,32-,33-,34-,35-,36-,37-,38+,39+,40-,41+,42+/m1/s1. The van der Waals surface area contributed by atoms with Gasteiger partial charge in [-0.1, -0.05) is 0 Å². The summed E-state index contributed by atoms with van der Waals surface area (Å²) in [6, 6.07) is 0. The summed E-state index contributed by atoms with van der Waals surface area (Å²) in [5, 5.41) is 230. The highest BCUT2D eigenvalue weighted by molar-refractivity contribution is 5.01. The number of hydrogen-bond donors (Lipinski definition) is 21. The average Bonchev–Trinajstić information content (AvgIpc) is 3.47. The second-order valence-corrected chi connectivity index (χ2v) is 19.7. The van der Waals surface area contributed by atoms with Crippen molar-refractivity contribution < 1.29 is 174 Å². The van der Waals surface area contributed by atoms with E-state index in [0.29, 0.717) is 0 Å². The molecule has 0 aromatic heterocycles. The molecule has 14 bridgehead atoms. The Morgan fingerprint density at radius 1 is 0.156 bits per heavy atom. The second-order valence-electron chi connectivity index (χ2n) is 19.7. The van der Waals surface area contributed by atoms with Crippen molar-refractivity contribution in [2.75, 3.05) is 46.2 Å². The molecule has 35 atom stereocenters. The fourth-order valence-corrected chi connectivity index (χ4v) is 10.4. The third kappa shape index (κ3) is 12.1. The number of aliphatic hydroxyl groups excluding tert-OH is 21. The molecule has 0 spiro atoms. The van der Waals surface area contributed by atoms with Crippen molar-refractivity contribution in [3.8, 4) is 0 Å². The van der Waals surface area contributed by atoms with Gasteiger partial charge in [0.05, 0.1) is 46.2 Å². The number of aliphatic hydroxyl groups is 21. The molecule has 0 aromatic rings. The lowest BCUT2D eigenvalue weighted by Crippen LogP contribution is -2.68. The summed E-state index contributed by atoms with van der Waals surface area (Å²) in [5.41, 5.74) is 0. The van der Waals surface area contributed by atoms with Crippen LogP contribution in [0.4, 0.5) is 0 Å². The van der Waals surface area contributed by atoms with Gasteiger partial charge in [0.2, 0.25) is 0 Å². The summed E-state index contributed by atoms with van der Waals surface area (Å²) >= 11 is 0. The van der Waals surface area contributed by atoms with E-state index in [1.54, 1.807) is 0 Å². The van der Waals surface area contributed by atoms with Crippen LogP contribution in [0, 0.1) is 0 Å². The molecule has 21 saturated heterocycles. The lowest BCUT2D eigenvalue weighted by atomic mass is 9.95. The molecule has 0 saturated carbocycles. The zero-order chi connectivity index (χ0) is 56.1. The quantitative estimate of drug-likeness (QED) is 0.113. The highest BCUT2D eigenvalue weighted by Crippen LogP contribution is 2.39. The molecule has 14 unspecified atom stereocenters. The maximum absolute atomic E-state index is 11.3. The monoisotopic (exact) mass is 1130 g/mol. The van der Waals surface area contributed by atoms with Crippen LogP contribution in [0.3, 0.4) is 0 Å². The molecule has 21 fully saturated rings. The zero-order valence-corrected chi connectivity index (χ0v) is 40.3. The molecule has 77 heavy (non-hydrogen) atoms. The topological polar surface area (TPSA) is 554 Å². The van der Waals surface area contributed by atoms with Crippen molar-refractivity contribution in [3.05, 3.63) is 0 Å². The van der Waals surface area contributed by atoms with E-state index in [-0.39, 0.29) is 0 Å². The van der Waals surface area contributed by atoms with Gasteiger partial charge in [-0.05, 0) is 0 Å². The SMILES string of the molecule is OCC1O[C@@H]2O[C@@H]3C(CO)O[C@@H](O[C@@H]4C(CO)O[C@H](O[C@@H]5C(CO)O[C@@H](O[C@@H]6C(CO)O[C@@H](O[C@@H]7C(CO)O[C@@H](O[C@@H]8C(CO)O[C@H](O[C@H]1[C@H](O)C2O)C(O)[C@H]8O)C(O)[C@H]7O)C(O)[C@H]6O)C(O)[C@H]5O)C(O)[C@H]4O)C(O)[C@H]3O. The first kappa shape index (κ1) is 61.7. The Labute approximate surface area is 434 Å². The molecule has 0 aliphatic carbocycles. The minimum Gasteiger partial charge on any atom is -0.394 e. The minimum atomic E-state index is -2.21. The molecule has 35 heteroatoms. The van der Waals surface area contributed by atoms with Crippen LogP contribution in [0.15, 0.2) is 0 Å². The molecular weight excluding hydrogens is 1060 g/mol. The maximum Gasteiger partial charge on any atom is 0.187 e. The summed E-state index contributed by atoms with van der Waals surface area (Å²) in [6.45, 7) is -7.33. The highest BCUT2D eigenvalue weighted by Gasteiger charge is 2.59. The largest absolute Gasteiger partial charge is 0.394 e. The molecule has 21 N–H and O–H groups in total. The highest BCUT2D eigenvalue weighted by atomic mass is 16.8. The summed E-state index contributed by atoms with van der Waals surface area (Å²) in [5.74, 6) is 0. The first-order chi connectivity index (χ1) is 36.7. The van der Waals surface area contributed by atoms with E-state index < -0.39 is 261 Å². The van der Waals surface area contributed by atoms with Crippen LogP contribution < -0.4 is 0 Å². The normalized spacial score (nSPS) is 55.4. The van der Waals surface area contributed by atoms with E-state index in [2.05, 4.69) is 0 Å².